The summed E-state index contributed by atoms with van der Waals surface area (Å²) < 4.78 is 188. The summed E-state index contributed by atoms with van der Waals surface area (Å²) in [5.74, 6) is -1.94. The Morgan fingerprint density at radius 1 is 0.633 bits per heavy atom. The molecule has 0 spiro atoms. The van der Waals surface area contributed by atoms with Crippen LogP contribution in [0.5, 0.6) is 0 Å². The van der Waals surface area contributed by atoms with Crippen molar-refractivity contribution in [1.29, 1.82) is 0 Å². The van der Waals surface area contributed by atoms with E-state index < -0.39 is 129 Å². The third kappa shape index (κ3) is 12.9. The molecule has 0 atom stereocenters. The van der Waals surface area contributed by atoms with Gasteiger partial charge in [-0.25, -0.2) is 30.0 Å². The smallest absolute Gasteiger partial charge is 0.397 e. The van der Waals surface area contributed by atoms with E-state index in [0.717, 1.165) is 48.5 Å². The van der Waals surface area contributed by atoms with Gasteiger partial charge in [0.05, 0.1) is 46.7 Å². The Hall–Kier alpha value is -5.13. The lowest BCUT2D eigenvalue weighted by atomic mass is 10.1. The van der Waals surface area contributed by atoms with Gasteiger partial charge in [-0.1, -0.05) is 12.1 Å². The van der Waals surface area contributed by atoms with Gasteiger partial charge >= 0.3 is 26.8 Å². The number of carbonyl (C=O) groups is 1. The maximum Gasteiger partial charge on any atom is 0.397 e. The standard InChI is InChI=1S/C28H29N7O19S6/c29-21-14-24(32-28(30)36)25(12-17(21)15-31-33-22-6-3-19(13-26(22)57(41,42)43)56(39,40)10-8-54-60(50,51)52)35-34-23-5-1-16-11-18(2-4-20(16)27(23)58(44,45)46)55(37,38)9-7-53-59(47,48)49/h1-6,11-14H,7-10,15,29H2,(H3,30,32,36)(H,41,42,43)(H,44,45,46)(H,47,48,49)(H,50,51,52)/b33-31+,35-34+. The van der Waals surface area contributed by atoms with E-state index in [1.54, 1.807) is 0 Å². The van der Waals surface area contributed by atoms with Gasteiger partial charge in [-0.2, -0.15) is 43.9 Å². The number of hydrogen-bond donors (Lipinski definition) is 7. The zero-order chi connectivity index (χ0) is 45.1. The second kappa shape index (κ2) is 17.8. The molecular weight excluding hydrogens is 931 g/mol. The maximum atomic E-state index is 12.7. The molecule has 0 unspecified atom stereocenters. The maximum absolute atomic E-state index is 12.7. The van der Waals surface area contributed by atoms with E-state index in [0.29, 0.717) is 6.07 Å². The number of nitrogens with zero attached hydrogens (tertiary/aromatic N) is 4. The van der Waals surface area contributed by atoms with Crippen LogP contribution < -0.4 is 16.8 Å². The summed E-state index contributed by atoms with van der Waals surface area (Å²) in [6, 6.07) is 8.51. The highest BCUT2D eigenvalue weighted by Gasteiger charge is 2.25. The minimum atomic E-state index is -5.17. The van der Waals surface area contributed by atoms with Gasteiger partial charge in [-0.3, -0.25) is 18.2 Å². The van der Waals surface area contributed by atoms with Crippen molar-refractivity contribution in [3.8, 4) is 0 Å². The predicted molar refractivity (Wildman–Crippen MR) is 206 cm³/mol. The molecule has 26 nitrogen and oxygen atoms in total. The molecule has 0 heterocycles. The summed E-state index contributed by atoms with van der Waals surface area (Å²) >= 11 is 0. The minimum Gasteiger partial charge on any atom is -0.398 e. The molecule has 2 amide bonds. The van der Waals surface area contributed by atoms with Crippen molar-refractivity contribution < 1.29 is 81.9 Å². The average molecular weight is 960 g/mol. The Labute approximate surface area is 340 Å². The summed E-state index contributed by atoms with van der Waals surface area (Å²) in [6.45, 7) is -2.50. The van der Waals surface area contributed by atoms with Gasteiger partial charge in [0.2, 0.25) is 0 Å². The first kappa shape index (κ1) is 47.5. The van der Waals surface area contributed by atoms with Crippen LogP contribution in [0.3, 0.4) is 0 Å². The van der Waals surface area contributed by atoms with Gasteiger partial charge in [-0.05, 0) is 53.9 Å². The number of primary amides is 1. The topological polar surface area (TPSA) is 435 Å². The molecule has 32 heteroatoms. The van der Waals surface area contributed by atoms with E-state index in [1.165, 1.54) is 6.07 Å². The van der Waals surface area contributed by atoms with Crippen LogP contribution in [-0.4, -0.2) is 99.5 Å². The van der Waals surface area contributed by atoms with Crippen LogP contribution in [0.1, 0.15) is 5.56 Å². The SMILES string of the molecule is NC(=O)Nc1cc(N)c(C/N=N/c2ccc(S(=O)(=O)CCOS(=O)(=O)O)cc2S(=O)(=O)O)cc1/N=N/c1ccc2cc(S(=O)(=O)CCOS(=O)(=O)O)ccc2c1S(=O)(=O)O. The fourth-order valence-corrected chi connectivity index (χ4v) is 9.51. The highest BCUT2D eigenvalue weighted by Crippen LogP contribution is 2.37. The molecular formula is C28H29N7O19S6. The van der Waals surface area contributed by atoms with E-state index in [4.69, 9.17) is 20.6 Å². The number of anilines is 2. The van der Waals surface area contributed by atoms with Crippen LogP contribution in [0.4, 0.5) is 33.2 Å². The number of urea groups is 1. The molecule has 4 rings (SSSR count). The normalized spacial score (nSPS) is 13.3. The van der Waals surface area contributed by atoms with Crippen molar-refractivity contribution in [3.63, 3.8) is 0 Å². The summed E-state index contributed by atoms with van der Waals surface area (Å²) in [7, 11) is -29.0. The van der Waals surface area contributed by atoms with E-state index in [2.05, 4.69) is 34.1 Å². The van der Waals surface area contributed by atoms with Gasteiger partial charge in [0.25, 0.3) is 20.2 Å². The molecule has 0 radical (unpaired) electrons. The van der Waals surface area contributed by atoms with Crippen LogP contribution in [0.15, 0.2) is 101 Å². The third-order valence-corrected chi connectivity index (χ3v) is 13.6. The van der Waals surface area contributed by atoms with E-state index in [9.17, 15) is 64.4 Å². The Morgan fingerprint density at radius 2 is 1.17 bits per heavy atom. The average Bonchev–Trinajstić information content (AvgIpc) is 3.09. The number of nitrogens with two attached hydrogens (primary N) is 2. The molecule has 0 aliphatic heterocycles. The number of sulfone groups is 2. The van der Waals surface area contributed by atoms with Crippen molar-refractivity contribution in [1.82, 2.24) is 0 Å². The zero-order valence-electron chi connectivity index (χ0n) is 29.6. The largest absolute Gasteiger partial charge is 0.398 e. The second-order valence-corrected chi connectivity index (χ2v) is 20.8. The number of benzene rings is 4. The molecule has 4 aromatic rings. The van der Waals surface area contributed by atoms with Crippen LogP contribution in [-0.2, 0) is 75.6 Å². The van der Waals surface area contributed by atoms with Gasteiger partial charge in [-0.15, -0.1) is 10.2 Å². The lowest BCUT2D eigenvalue weighted by Crippen LogP contribution is -2.19. The van der Waals surface area contributed by atoms with Crippen molar-refractivity contribution in [2.24, 2.45) is 26.2 Å². The zero-order valence-corrected chi connectivity index (χ0v) is 34.5. The van der Waals surface area contributed by atoms with Gasteiger partial charge < -0.3 is 16.8 Å². The summed E-state index contributed by atoms with van der Waals surface area (Å²) in [4.78, 5) is 8.74. The van der Waals surface area contributed by atoms with Crippen molar-refractivity contribution >= 4 is 106 Å². The molecule has 0 fully saturated rings. The summed E-state index contributed by atoms with van der Waals surface area (Å²) in [6.07, 6.45) is 0. The Balaban J connectivity index is 1.70. The molecule has 326 valence electrons. The number of nitrogen functional groups attached to an aromatic ring is 1. The first-order valence-corrected chi connectivity index (χ1v) is 24.5. The van der Waals surface area contributed by atoms with Crippen molar-refractivity contribution in [3.05, 3.63) is 66.2 Å². The molecule has 0 bridgehead atoms. The molecule has 0 aliphatic carbocycles. The molecule has 0 aliphatic rings. The minimum absolute atomic E-state index is 0.0402. The highest BCUT2D eigenvalue weighted by atomic mass is 32.3. The van der Waals surface area contributed by atoms with E-state index >= 15 is 0 Å². The highest BCUT2D eigenvalue weighted by molar-refractivity contribution is 7.92. The van der Waals surface area contributed by atoms with Crippen LogP contribution in [0, 0.1) is 0 Å². The fraction of sp³-hybridized carbons (Fsp3) is 0.179. The number of carbonyl (C=O) groups excluding carboxylic acids is 1. The molecule has 9 N–H and O–H groups in total. The summed E-state index contributed by atoms with van der Waals surface area (Å²) in [5, 5.41) is 17.3. The predicted octanol–water partition coefficient (Wildman–Crippen LogP) is 2.29. The first-order valence-electron chi connectivity index (χ1n) is 15.6. The van der Waals surface area contributed by atoms with Crippen LogP contribution >= 0.6 is 0 Å². The second-order valence-electron chi connectivity index (χ2n) is 11.7. The number of amides is 2. The summed E-state index contributed by atoms with van der Waals surface area (Å²) in [5.41, 5.74) is 9.70. The molecule has 0 aromatic heterocycles. The van der Waals surface area contributed by atoms with Crippen molar-refractivity contribution in [2.75, 3.05) is 35.8 Å². The molecule has 4 aromatic carbocycles. The number of fused-ring (bicyclic) bond motifs is 1. The lowest BCUT2D eigenvalue weighted by molar-refractivity contribution is 0.259. The third-order valence-electron chi connectivity index (χ3n) is 7.48. The van der Waals surface area contributed by atoms with Gasteiger partial charge in [0.1, 0.15) is 26.9 Å². The van der Waals surface area contributed by atoms with Gasteiger partial charge in [0.15, 0.2) is 19.7 Å². The molecule has 0 saturated heterocycles. The number of hydrogen-bond acceptors (Lipinski definition) is 20. The first-order chi connectivity index (χ1) is 27.5. The number of nitrogens with one attached hydrogen (secondary N) is 1. The van der Waals surface area contributed by atoms with E-state index in [-0.39, 0.29) is 33.4 Å². The fourth-order valence-electron chi connectivity index (χ4n) is 4.92. The Bertz CT molecular complexity index is 3120. The monoisotopic (exact) mass is 959 g/mol. The Morgan fingerprint density at radius 3 is 1.70 bits per heavy atom. The number of rotatable bonds is 18. The van der Waals surface area contributed by atoms with Gasteiger partial charge in [0, 0.05) is 16.6 Å². The number of azo groups is 2. The van der Waals surface area contributed by atoms with Crippen molar-refractivity contribution in [2.45, 2.75) is 26.1 Å². The lowest BCUT2D eigenvalue weighted by Gasteiger charge is -2.11. The molecule has 0 saturated carbocycles. The van der Waals surface area contributed by atoms with Crippen LogP contribution in [0.2, 0.25) is 0 Å². The van der Waals surface area contributed by atoms with E-state index in [1.807, 2.05) is 0 Å². The molecule has 60 heavy (non-hydrogen) atoms. The Kier molecular flexibility index (Phi) is 14.1. The van der Waals surface area contributed by atoms with Crippen LogP contribution in [0.25, 0.3) is 10.8 Å². The quantitative estimate of drug-likeness (QED) is 0.0427.